The van der Waals surface area contributed by atoms with Gasteiger partial charge in [0.25, 0.3) is 0 Å². The normalized spacial score (nSPS) is 12.4. The summed E-state index contributed by atoms with van der Waals surface area (Å²) in [5.74, 6) is 1.27. The van der Waals surface area contributed by atoms with Crippen LogP contribution in [-0.4, -0.2) is 34.9 Å². The van der Waals surface area contributed by atoms with Crippen LogP contribution in [0.4, 0.5) is 0 Å². The second kappa shape index (κ2) is 5.44. The summed E-state index contributed by atoms with van der Waals surface area (Å²) in [7, 11) is -3.20. The molecule has 0 bridgehead atoms. The standard InChI is InChI=1S/C13H18N4O3S/c1-13(2,3)12-14-15-16-17(12)9-20-10-5-7-11(8-6-10)21(4,18)19/h5-8H,9H2,1-4H3. The number of tetrazole rings is 1. The first-order valence-electron chi connectivity index (χ1n) is 6.37. The van der Waals surface area contributed by atoms with E-state index in [-0.39, 0.29) is 17.0 Å². The molecule has 0 N–H and O–H groups in total. The van der Waals surface area contributed by atoms with Gasteiger partial charge >= 0.3 is 0 Å². The molecule has 0 aliphatic carbocycles. The Morgan fingerprint density at radius 1 is 1.19 bits per heavy atom. The third-order valence-corrected chi connectivity index (χ3v) is 3.94. The summed E-state index contributed by atoms with van der Waals surface area (Å²) in [4.78, 5) is 0.257. The Labute approximate surface area is 123 Å². The highest BCUT2D eigenvalue weighted by Crippen LogP contribution is 2.20. The van der Waals surface area contributed by atoms with Gasteiger partial charge in [0, 0.05) is 11.7 Å². The van der Waals surface area contributed by atoms with Crippen LogP contribution in [0.15, 0.2) is 29.2 Å². The predicted molar refractivity (Wildman–Crippen MR) is 76.7 cm³/mol. The van der Waals surface area contributed by atoms with Gasteiger partial charge in [-0.15, -0.1) is 5.10 Å². The first kappa shape index (κ1) is 15.4. The van der Waals surface area contributed by atoms with Crippen LogP contribution in [0.1, 0.15) is 26.6 Å². The van der Waals surface area contributed by atoms with Crippen molar-refractivity contribution in [2.45, 2.75) is 37.8 Å². The second-order valence-corrected chi connectivity index (χ2v) is 7.78. The quantitative estimate of drug-likeness (QED) is 0.848. The van der Waals surface area contributed by atoms with Crippen molar-refractivity contribution in [1.29, 1.82) is 0 Å². The Kier molecular flexibility index (Phi) is 3.99. The summed E-state index contributed by atoms with van der Waals surface area (Å²) in [5.41, 5.74) is -0.187. The SMILES string of the molecule is CC(C)(C)c1nnnn1COc1ccc(S(C)(=O)=O)cc1. The van der Waals surface area contributed by atoms with Gasteiger partial charge in [-0.05, 0) is 34.7 Å². The summed E-state index contributed by atoms with van der Waals surface area (Å²) in [6, 6.07) is 6.23. The molecule has 7 nitrogen and oxygen atoms in total. The lowest BCUT2D eigenvalue weighted by Gasteiger charge is -2.17. The summed E-state index contributed by atoms with van der Waals surface area (Å²) in [5, 5.41) is 11.5. The molecule has 0 radical (unpaired) electrons. The van der Waals surface area contributed by atoms with Gasteiger partial charge in [0.2, 0.25) is 0 Å². The largest absolute Gasteiger partial charge is 0.471 e. The number of rotatable bonds is 4. The van der Waals surface area contributed by atoms with Crippen LogP contribution >= 0.6 is 0 Å². The van der Waals surface area contributed by atoms with Crippen molar-refractivity contribution in [3.8, 4) is 5.75 Å². The summed E-state index contributed by atoms with van der Waals surface area (Å²) < 4.78 is 29.9. The molecular weight excluding hydrogens is 292 g/mol. The molecule has 1 heterocycles. The van der Waals surface area contributed by atoms with Crippen LogP contribution < -0.4 is 4.74 Å². The van der Waals surface area contributed by atoms with E-state index in [1.54, 1.807) is 16.8 Å². The molecule has 0 unspecified atom stereocenters. The monoisotopic (exact) mass is 310 g/mol. The molecule has 0 spiro atoms. The van der Waals surface area contributed by atoms with Crippen molar-refractivity contribution in [2.75, 3.05) is 6.26 Å². The molecule has 1 aromatic carbocycles. The number of nitrogens with zero attached hydrogens (tertiary/aromatic N) is 4. The minimum Gasteiger partial charge on any atom is -0.471 e. The van der Waals surface area contributed by atoms with E-state index >= 15 is 0 Å². The van der Waals surface area contributed by atoms with Gasteiger partial charge in [0.05, 0.1) is 4.90 Å². The average molecular weight is 310 g/mol. The smallest absolute Gasteiger partial charge is 0.184 e. The Bertz CT molecular complexity index is 715. The number of hydrogen-bond acceptors (Lipinski definition) is 6. The molecule has 0 saturated carbocycles. The number of hydrogen-bond donors (Lipinski definition) is 0. The maximum Gasteiger partial charge on any atom is 0.184 e. The highest BCUT2D eigenvalue weighted by molar-refractivity contribution is 7.90. The molecule has 0 aliphatic rings. The van der Waals surface area contributed by atoms with Crippen molar-refractivity contribution < 1.29 is 13.2 Å². The van der Waals surface area contributed by atoms with E-state index in [9.17, 15) is 8.42 Å². The van der Waals surface area contributed by atoms with Gasteiger partial charge in [-0.3, -0.25) is 0 Å². The van der Waals surface area contributed by atoms with Crippen molar-refractivity contribution in [3.63, 3.8) is 0 Å². The summed E-state index contributed by atoms with van der Waals surface area (Å²) in [6.45, 7) is 6.19. The first-order valence-corrected chi connectivity index (χ1v) is 8.26. The van der Waals surface area contributed by atoms with E-state index in [2.05, 4.69) is 15.5 Å². The molecule has 2 aromatic rings. The first-order chi connectivity index (χ1) is 9.68. The van der Waals surface area contributed by atoms with E-state index in [1.807, 2.05) is 20.8 Å². The number of benzene rings is 1. The lowest BCUT2D eigenvalue weighted by molar-refractivity contribution is 0.208. The predicted octanol–water partition coefficient (Wildman–Crippen LogP) is 1.41. The molecular formula is C13H18N4O3S. The lowest BCUT2D eigenvalue weighted by atomic mass is 9.96. The molecule has 114 valence electrons. The highest BCUT2D eigenvalue weighted by atomic mass is 32.2. The zero-order valence-corrected chi connectivity index (χ0v) is 13.3. The molecule has 0 aliphatic heterocycles. The molecule has 2 rings (SSSR count). The Balaban J connectivity index is 2.09. The fraction of sp³-hybridized carbons (Fsp3) is 0.462. The third kappa shape index (κ3) is 3.78. The highest BCUT2D eigenvalue weighted by Gasteiger charge is 2.22. The van der Waals surface area contributed by atoms with Gasteiger partial charge in [-0.25, -0.2) is 8.42 Å². The summed E-state index contributed by atoms with van der Waals surface area (Å²) in [6.07, 6.45) is 1.17. The van der Waals surface area contributed by atoms with E-state index in [0.717, 1.165) is 5.82 Å². The van der Waals surface area contributed by atoms with Crippen LogP contribution in [0, 0.1) is 0 Å². The Morgan fingerprint density at radius 3 is 2.33 bits per heavy atom. The van der Waals surface area contributed by atoms with Gasteiger partial charge in [0.1, 0.15) is 5.75 Å². The minimum atomic E-state index is -3.20. The van der Waals surface area contributed by atoms with E-state index in [0.29, 0.717) is 5.75 Å². The van der Waals surface area contributed by atoms with Crippen molar-refractivity contribution in [1.82, 2.24) is 20.2 Å². The summed E-state index contributed by atoms with van der Waals surface area (Å²) >= 11 is 0. The topological polar surface area (TPSA) is 87.0 Å². The minimum absolute atomic E-state index is 0.165. The lowest BCUT2D eigenvalue weighted by Crippen LogP contribution is -2.21. The van der Waals surface area contributed by atoms with Gasteiger partial charge in [0.15, 0.2) is 22.4 Å². The molecule has 0 atom stereocenters. The Hall–Kier alpha value is -1.96. The van der Waals surface area contributed by atoms with Crippen molar-refractivity contribution in [2.24, 2.45) is 0 Å². The molecule has 21 heavy (non-hydrogen) atoms. The zero-order valence-electron chi connectivity index (χ0n) is 12.4. The molecule has 0 fully saturated rings. The van der Waals surface area contributed by atoms with Gasteiger partial charge < -0.3 is 4.74 Å². The van der Waals surface area contributed by atoms with Crippen LogP contribution in [0.3, 0.4) is 0 Å². The average Bonchev–Trinajstić information content (AvgIpc) is 2.84. The van der Waals surface area contributed by atoms with Crippen LogP contribution in [-0.2, 0) is 22.0 Å². The third-order valence-electron chi connectivity index (χ3n) is 2.81. The molecule has 0 amide bonds. The fourth-order valence-electron chi connectivity index (χ4n) is 1.75. The molecule has 1 aromatic heterocycles. The van der Waals surface area contributed by atoms with Crippen LogP contribution in [0.2, 0.25) is 0 Å². The van der Waals surface area contributed by atoms with Crippen molar-refractivity contribution in [3.05, 3.63) is 30.1 Å². The number of aromatic nitrogens is 4. The maximum absolute atomic E-state index is 11.4. The van der Waals surface area contributed by atoms with Crippen LogP contribution in [0.5, 0.6) is 5.75 Å². The van der Waals surface area contributed by atoms with Crippen LogP contribution in [0.25, 0.3) is 0 Å². The molecule has 0 saturated heterocycles. The number of ether oxygens (including phenoxy) is 1. The van der Waals surface area contributed by atoms with E-state index in [4.69, 9.17) is 4.74 Å². The van der Waals surface area contributed by atoms with E-state index in [1.165, 1.54) is 18.4 Å². The second-order valence-electron chi connectivity index (χ2n) is 5.77. The number of sulfone groups is 1. The van der Waals surface area contributed by atoms with Crippen molar-refractivity contribution >= 4 is 9.84 Å². The van der Waals surface area contributed by atoms with E-state index < -0.39 is 9.84 Å². The van der Waals surface area contributed by atoms with Gasteiger partial charge in [-0.2, -0.15) is 4.68 Å². The van der Waals surface area contributed by atoms with Gasteiger partial charge in [-0.1, -0.05) is 20.8 Å². The zero-order chi connectivity index (χ0) is 15.7. The molecule has 8 heteroatoms. The Morgan fingerprint density at radius 2 is 1.81 bits per heavy atom. The maximum atomic E-state index is 11.4. The fourth-order valence-corrected chi connectivity index (χ4v) is 2.38.